The summed E-state index contributed by atoms with van der Waals surface area (Å²) in [4.78, 5) is 11.6. The molecule has 1 aromatic heterocycles. The lowest BCUT2D eigenvalue weighted by molar-refractivity contribution is -0.121. The van der Waals surface area contributed by atoms with Gasteiger partial charge >= 0.3 is 0 Å². The minimum absolute atomic E-state index is 0.0638. The monoisotopic (exact) mass is 242 g/mol. The van der Waals surface area contributed by atoms with Crippen LogP contribution in [0.15, 0.2) is 47.1 Å². The van der Waals surface area contributed by atoms with E-state index in [0.717, 1.165) is 18.6 Å². The fourth-order valence-electron chi connectivity index (χ4n) is 1.73. The van der Waals surface area contributed by atoms with Gasteiger partial charge in [-0.2, -0.15) is 0 Å². The minimum Gasteiger partial charge on any atom is -0.467 e. The number of carbonyl (C=O) groups is 1. The van der Waals surface area contributed by atoms with Crippen LogP contribution in [0.3, 0.4) is 0 Å². The molecule has 1 amide bonds. The molecule has 0 atom stereocenters. The molecule has 2 rings (SSSR count). The molecule has 0 bridgehead atoms. The quantitative estimate of drug-likeness (QED) is 0.846. The molecule has 2 aromatic rings. The molecule has 0 saturated carbocycles. The summed E-state index contributed by atoms with van der Waals surface area (Å²) in [6.07, 6.45) is 3.92. The van der Waals surface area contributed by atoms with Crippen molar-refractivity contribution in [3.63, 3.8) is 0 Å². The van der Waals surface area contributed by atoms with E-state index in [9.17, 15) is 4.79 Å². The van der Waals surface area contributed by atoms with Gasteiger partial charge in [0.2, 0.25) is 5.91 Å². The van der Waals surface area contributed by atoms with Gasteiger partial charge in [0.05, 0.1) is 12.8 Å². The number of nitrogens with one attached hydrogen (secondary N) is 1. The van der Waals surface area contributed by atoms with Crippen LogP contribution >= 0.6 is 0 Å². The van der Waals surface area contributed by atoms with Gasteiger partial charge in [0, 0.05) is 6.42 Å². The highest BCUT2D eigenvalue weighted by molar-refractivity contribution is 5.75. The molecule has 0 aliphatic heterocycles. The fourth-order valence-corrected chi connectivity index (χ4v) is 1.73. The molecule has 1 N–H and O–H groups in total. The smallest absolute Gasteiger partial charge is 0.220 e. The maximum atomic E-state index is 11.6. The van der Waals surface area contributed by atoms with Crippen molar-refractivity contribution in [1.29, 1.82) is 0 Å². The van der Waals surface area contributed by atoms with E-state index in [2.05, 4.69) is 11.4 Å². The Kier molecular flexibility index (Phi) is 4.59. The molecule has 18 heavy (non-hydrogen) atoms. The Hall–Kier alpha value is -2.03. The number of carbonyl (C=O) groups excluding carboxylic acids is 1. The van der Waals surface area contributed by atoms with Crippen LogP contribution in [0.5, 0.6) is 0 Å². The summed E-state index contributed by atoms with van der Waals surface area (Å²) in [6.45, 7) is 0.464. The van der Waals surface area contributed by atoms with E-state index < -0.39 is 0 Å². The average molecular weight is 242 g/mol. The lowest BCUT2D eigenvalue weighted by Crippen LogP contribution is -2.22. The van der Waals surface area contributed by atoms with Crippen LogP contribution in [-0.4, -0.2) is 5.91 Å². The molecule has 93 valence electrons. The zero-order valence-electron chi connectivity index (χ0n) is 10.2. The second-order valence-corrected chi connectivity index (χ2v) is 4.12. The maximum absolute atomic E-state index is 11.6. The second kappa shape index (κ2) is 6.64. The van der Waals surface area contributed by atoms with Gasteiger partial charge in [-0.3, -0.25) is 4.79 Å². The Labute approximate surface area is 107 Å². The third-order valence-corrected chi connectivity index (χ3v) is 2.70. The molecular weight excluding hydrogens is 226 g/mol. The SMILES string of the molecule is O=C(CCCc1cc[c]cc1)NCc1ccco1. The number of amides is 1. The normalized spacial score (nSPS) is 10.2. The van der Waals surface area contributed by atoms with Crippen LogP contribution < -0.4 is 5.32 Å². The summed E-state index contributed by atoms with van der Waals surface area (Å²) in [6, 6.07) is 14.5. The van der Waals surface area contributed by atoms with Crippen LogP contribution in [0.1, 0.15) is 24.2 Å². The molecule has 1 aromatic carbocycles. The number of hydrogen-bond acceptors (Lipinski definition) is 2. The molecule has 0 aliphatic rings. The average Bonchev–Trinajstić information content (AvgIpc) is 2.91. The first-order valence-electron chi connectivity index (χ1n) is 6.08. The topological polar surface area (TPSA) is 42.2 Å². The predicted octanol–water partition coefficient (Wildman–Crippen LogP) is 2.72. The molecule has 3 nitrogen and oxygen atoms in total. The van der Waals surface area contributed by atoms with Gasteiger partial charge < -0.3 is 9.73 Å². The number of aryl methyl sites for hydroxylation is 1. The Balaban J connectivity index is 1.63. The Bertz CT molecular complexity index is 463. The number of rotatable bonds is 6. The zero-order valence-corrected chi connectivity index (χ0v) is 10.2. The van der Waals surface area contributed by atoms with E-state index in [1.54, 1.807) is 6.26 Å². The zero-order chi connectivity index (χ0) is 12.6. The first kappa shape index (κ1) is 12.4. The molecule has 0 aliphatic carbocycles. The van der Waals surface area contributed by atoms with Crippen molar-refractivity contribution in [2.24, 2.45) is 0 Å². The van der Waals surface area contributed by atoms with Gasteiger partial charge in [0.1, 0.15) is 5.76 Å². The molecule has 0 spiro atoms. The standard InChI is InChI=1S/C15H16NO2/c17-15(16-12-14-9-5-11-18-14)10-4-8-13-6-2-1-3-7-13/h2-3,5-7,9,11H,4,8,10,12H2,(H,16,17). The lowest BCUT2D eigenvalue weighted by atomic mass is 10.1. The highest BCUT2D eigenvalue weighted by atomic mass is 16.3. The first-order valence-corrected chi connectivity index (χ1v) is 6.08. The van der Waals surface area contributed by atoms with Crippen molar-refractivity contribution in [3.05, 3.63) is 60.1 Å². The molecule has 1 heterocycles. The molecule has 0 unspecified atom stereocenters. The van der Waals surface area contributed by atoms with Gasteiger partial charge in [0.15, 0.2) is 0 Å². The van der Waals surface area contributed by atoms with Crippen LogP contribution in [0, 0.1) is 6.07 Å². The summed E-state index contributed by atoms with van der Waals surface area (Å²) < 4.78 is 5.14. The van der Waals surface area contributed by atoms with Gasteiger partial charge in [0.25, 0.3) is 0 Å². The molecular formula is C15H16NO2. The van der Waals surface area contributed by atoms with Gasteiger partial charge in [-0.15, -0.1) is 0 Å². The summed E-state index contributed by atoms with van der Waals surface area (Å²) in [5.41, 5.74) is 1.24. The second-order valence-electron chi connectivity index (χ2n) is 4.12. The number of benzene rings is 1. The fraction of sp³-hybridized carbons (Fsp3) is 0.267. The van der Waals surface area contributed by atoms with Gasteiger partial charge in [-0.05, 0) is 36.6 Å². The van der Waals surface area contributed by atoms with Crippen LogP contribution in [0.25, 0.3) is 0 Å². The summed E-state index contributed by atoms with van der Waals surface area (Å²) in [5.74, 6) is 0.843. The van der Waals surface area contributed by atoms with Gasteiger partial charge in [-0.25, -0.2) is 0 Å². The summed E-state index contributed by atoms with van der Waals surface area (Å²) >= 11 is 0. The number of hydrogen-bond donors (Lipinski definition) is 1. The summed E-state index contributed by atoms with van der Waals surface area (Å²) in [7, 11) is 0. The van der Waals surface area contributed by atoms with Crippen molar-refractivity contribution in [1.82, 2.24) is 5.32 Å². The minimum atomic E-state index is 0.0638. The van der Waals surface area contributed by atoms with Crippen molar-refractivity contribution in [2.75, 3.05) is 0 Å². The van der Waals surface area contributed by atoms with E-state index in [1.165, 1.54) is 5.56 Å². The van der Waals surface area contributed by atoms with Crippen molar-refractivity contribution >= 4 is 5.91 Å². The van der Waals surface area contributed by atoms with Crippen LogP contribution in [0.4, 0.5) is 0 Å². The molecule has 1 radical (unpaired) electrons. The highest BCUT2D eigenvalue weighted by Gasteiger charge is 2.02. The molecule has 3 heteroatoms. The van der Waals surface area contributed by atoms with Crippen molar-refractivity contribution in [3.8, 4) is 0 Å². The summed E-state index contributed by atoms with van der Waals surface area (Å²) in [5, 5.41) is 2.83. The maximum Gasteiger partial charge on any atom is 0.220 e. The molecule has 0 fully saturated rings. The lowest BCUT2D eigenvalue weighted by Gasteiger charge is -2.03. The molecule has 0 saturated heterocycles. The first-order chi connectivity index (χ1) is 8.84. The van der Waals surface area contributed by atoms with E-state index in [4.69, 9.17) is 4.42 Å². The van der Waals surface area contributed by atoms with E-state index >= 15 is 0 Å². The third-order valence-electron chi connectivity index (χ3n) is 2.70. The Morgan fingerprint density at radius 3 is 2.83 bits per heavy atom. The van der Waals surface area contributed by atoms with Crippen LogP contribution in [0.2, 0.25) is 0 Å². The number of furan rings is 1. The van der Waals surface area contributed by atoms with E-state index in [-0.39, 0.29) is 5.91 Å². The van der Waals surface area contributed by atoms with E-state index in [1.807, 2.05) is 36.4 Å². The Morgan fingerprint density at radius 2 is 2.11 bits per heavy atom. The van der Waals surface area contributed by atoms with Gasteiger partial charge in [-0.1, -0.05) is 24.3 Å². The highest BCUT2D eigenvalue weighted by Crippen LogP contribution is 2.04. The largest absolute Gasteiger partial charge is 0.467 e. The van der Waals surface area contributed by atoms with Crippen molar-refractivity contribution < 1.29 is 9.21 Å². The predicted molar refractivity (Wildman–Crippen MR) is 68.8 cm³/mol. The Morgan fingerprint density at radius 1 is 1.28 bits per heavy atom. The van der Waals surface area contributed by atoms with Crippen molar-refractivity contribution in [2.45, 2.75) is 25.8 Å². The van der Waals surface area contributed by atoms with E-state index in [0.29, 0.717) is 13.0 Å². The van der Waals surface area contributed by atoms with Crippen LogP contribution in [-0.2, 0) is 17.8 Å². The third kappa shape index (κ3) is 4.09.